The summed E-state index contributed by atoms with van der Waals surface area (Å²) in [6.07, 6.45) is 4.35. The highest BCUT2D eigenvalue weighted by molar-refractivity contribution is 7.93. The molecule has 4 rings (SSSR count). The molecule has 2 amide bonds. The van der Waals surface area contributed by atoms with Gasteiger partial charge in [0.2, 0.25) is 0 Å². The Morgan fingerprint density at radius 3 is 2.38 bits per heavy atom. The molecule has 1 atom stereocenters. The van der Waals surface area contributed by atoms with Crippen molar-refractivity contribution >= 4 is 38.6 Å². The van der Waals surface area contributed by atoms with Gasteiger partial charge < -0.3 is 5.32 Å². The molecule has 1 N–H and O–H groups in total. The van der Waals surface area contributed by atoms with Crippen LogP contribution in [-0.2, 0) is 9.73 Å². The molecule has 34 heavy (non-hydrogen) atoms. The Morgan fingerprint density at radius 2 is 1.68 bits per heavy atom. The second kappa shape index (κ2) is 10.3. The number of hydrogen-bond donors (Lipinski definition) is 1. The van der Waals surface area contributed by atoms with Crippen molar-refractivity contribution in [2.75, 3.05) is 11.6 Å². The van der Waals surface area contributed by atoms with Crippen LogP contribution in [0.1, 0.15) is 31.2 Å². The Balaban J connectivity index is 1.47. The van der Waals surface area contributed by atoms with Crippen LogP contribution in [-0.4, -0.2) is 27.3 Å². The van der Waals surface area contributed by atoms with Crippen LogP contribution >= 0.6 is 11.3 Å². The Bertz CT molecular complexity index is 1510. The molecule has 0 aliphatic heterocycles. The Morgan fingerprint density at radius 1 is 0.941 bits per heavy atom. The van der Waals surface area contributed by atoms with Crippen molar-refractivity contribution in [1.82, 2.24) is 4.98 Å². The van der Waals surface area contributed by atoms with Crippen molar-refractivity contribution in [3.8, 4) is 11.8 Å². The first-order valence-corrected chi connectivity index (χ1v) is 12.9. The van der Waals surface area contributed by atoms with E-state index in [1.165, 1.54) is 23.8 Å². The average Bonchev–Trinajstić information content (AvgIpc) is 3.39. The zero-order valence-electron chi connectivity index (χ0n) is 18.1. The number of pyridine rings is 1. The third kappa shape index (κ3) is 5.84. The first kappa shape index (κ1) is 23.1. The maximum atomic E-state index is 12.9. The molecule has 0 bridgehead atoms. The molecule has 2 aromatic heterocycles. The molecular weight excluding hydrogens is 466 g/mol. The van der Waals surface area contributed by atoms with Gasteiger partial charge in [0, 0.05) is 40.4 Å². The van der Waals surface area contributed by atoms with Gasteiger partial charge in [-0.05, 0) is 53.9 Å². The highest BCUT2D eigenvalue weighted by Crippen LogP contribution is 2.15. The van der Waals surface area contributed by atoms with Crippen LogP contribution in [0.5, 0.6) is 0 Å². The van der Waals surface area contributed by atoms with E-state index in [9.17, 15) is 13.8 Å². The normalized spacial score (nSPS) is 12.0. The molecule has 0 fully saturated rings. The van der Waals surface area contributed by atoms with E-state index in [0.717, 1.165) is 5.56 Å². The number of carbonyl (C=O) groups excluding carboxylic acids is 2. The molecule has 2 heterocycles. The highest BCUT2D eigenvalue weighted by atomic mass is 32.2. The minimum absolute atomic E-state index is 0.157. The quantitative estimate of drug-likeness (QED) is 0.408. The van der Waals surface area contributed by atoms with Crippen LogP contribution in [0.15, 0.2) is 99.8 Å². The lowest BCUT2D eigenvalue weighted by atomic mass is 10.1. The van der Waals surface area contributed by atoms with E-state index < -0.39 is 15.6 Å². The third-order valence-corrected chi connectivity index (χ3v) is 7.19. The van der Waals surface area contributed by atoms with Gasteiger partial charge in [-0.2, -0.15) is 4.36 Å². The Hall–Kier alpha value is -4.06. The van der Waals surface area contributed by atoms with Crippen LogP contribution in [0.4, 0.5) is 5.69 Å². The van der Waals surface area contributed by atoms with Gasteiger partial charge in [0.05, 0.1) is 20.2 Å². The number of hydrogen-bond acceptors (Lipinski definition) is 5. The number of nitrogens with zero attached hydrogens (tertiary/aromatic N) is 2. The number of carbonyl (C=O) groups is 2. The molecule has 6 nitrogen and oxygen atoms in total. The summed E-state index contributed by atoms with van der Waals surface area (Å²) < 4.78 is 16.8. The van der Waals surface area contributed by atoms with E-state index in [1.54, 1.807) is 66.9 Å². The van der Waals surface area contributed by atoms with Crippen molar-refractivity contribution in [2.45, 2.75) is 4.90 Å². The molecule has 2 aromatic carbocycles. The SMILES string of the molecule is C[S@](=O)(=NC(=O)c1cncc(C#Cc2ccc(NC(=O)c3cccs3)cc2)c1)c1ccccc1. The number of rotatable bonds is 4. The maximum Gasteiger partial charge on any atom is 0.286 e. The molecule has 0 radical (unpaired) electrons. The lowest BCUT2D eigenvalue weighted by molar-refractivity contribution is 0.100. The summed E-state index contributed by atoms with van der Waals surface area (Å²) in [6.45, 7) is 0. The van der Waals surface area contributed by atoms with Gasteiger partial charge in [-0.15, -0.1) is 11.3 Å². The molecule has 0 spiro atoms. The van der Waals surface area contributed by atoms with E-state index >= 15 is 0 Å². The third-order valence-electron chi connectivity index (χ3n) is 4.66. The second-order valence-electron chi connectivity index (χ2n) is 7.23. The number of benzene rings is 2. The smallest absolute Gasteiger partial charge is 0.286 e. The number of thiophene rings is 1. The molecule has 0 saturated carbocycles. The fraction of sp³-hybridized carbons (Fsp3) is 0.0385. The number of aromatic nitrogens is 1. The van der Waals surface area contributed by atoms with Crippen LogP contribution in [0, 0.1) is 11.8 Å². The van der Waals surface area contributed by atoms with Crippen molar-refractivity contribution in [3.63, 3.8) is 0 Å². The van der Waals surface area contributed by atoms with Crippen LogP contribution in [0.2, 0.25) is 0 Å². The Kier molecular flexibility index (Phi) is 6.97. The summed E-state index contributed by atoms with van der Waals surface area (Å²) in [7, 11) is -2.87. The molecule has 0 aliphatic carbocycles. The molecule has 8 heteroatoms. The van der Waals surface area contributed by atoms with Gasteiger partial charge in [-0.3, -0.25) is 14.6 Å². The van der Waals surface area contributed by atoms with E-state index in [4.69, 9.17) is 0 Å². The summed E-state index contributed by atoms with van der Waals surface area (Å²) >= 11 is 1.38. The lowest BCUT2D eigenvalue weighted by Gasteiger charge is -2.04. The average molecular weight is 486 g/mol. The predicted molar refractivity (Wildman–Crippen MR) is 134 cm³/mol. The number of amides is 2. The first-order chi connectivity index (χ1) is 16.4. The van der Waals surface area contributed by atoms with Crippen molar-refractivity contribution in [3.05, 3.63) is 112 Å². The summed E-state index contributed by atoms with van der Waals surface area (Å²) in [6, 6.07) is 21.0. The Labute approximate surface area is 201 Å². The molecule has 0 unspecified atom stereocenters. The van der Waals surface area contributed by atoms with Crippen molar-refractivity contribution in [2.24, 2.45) is 4.36 Å². The van der Waals surface area contributed by atoms with E-state index in [-0.39, 0.29) is 11.5 Å². The lowest BCUT2D eigenvalue weighted by Crippen LogP contribution is -2.09. The van der Waals surface area contributed by atoms with Crippen LogP contribution < -0.4 is 5.32 Å². The molecule has 0 aliphatic rings. The standard InChI is InChI=1S/C26H19N3O3S2/c1-34(32,23-6-3-2-4-7-23)29-25(30)21-16-20(17-27-18-21)10-9-19-11-13-22(14-12-19)28-26(31)24-8-5-15-33-24/h2-8,11-18H,1H3,(H,28,31)/t34-/m1/s1. The van der Waals surface area contributed by atoms with Gasteiger partial charge in [-0.25, -0.2) is 4.21 Å². The molecule has 0 saturated heterocycles. The fourth-order valence-electron chi connectivity index (χ4n) is 2.94. The van der Waals surface area contributed by atoms with E-state index in [1.807, 2.05) is 17.5 Å². The van der Waals surface area contributed by atoms with Gasteiger partial charge in [0.1, 0.15) is 0 Å². The predicted octanol–water partition coefficient (Wildman–Crippen LogP) is 5.09. The fourth-order valence-corrected chi connectivity index (χ4v) is 4.75. The summed E-state index contributed by atoms with van der Waals surface area (Å²) in [4.78, 5) is 29.9. The van der Waals surface area contributed by atoms with Gasteiger partial charge >= 0.3 is 0 Å². The second-order valence-corrected chi connectivity index (χ2v) is 10.4. The first-order valence-electron chi connectivity index (χ1n) is 10.1. The van der Waals surface area contributed by atoms with Gasteiger partial charge in [0.25, 0.3) is 11.8 Å². The van der Waals surface area contributed by atoms with Gasteiger partial charge in [-0.1, -0.05) is 36.1 Å². The summed E-state index contributed by atoms with van der Waals surface area (Å²) in [5.41, 5.74) is 2.14. The molecule has 168 valence electrons. The maximum absolute atomic E-state index is 12.9. The van der Waals surface area contributed by atoms with Crippen molar-refractivity contribution < 1.29 is 13.8 Å². The molecular formula is C26H19N3O3S2. The number of nitrogens with one attached hydrogen (secondary N) is 1. The van der Waals surface area contributed by atoms with Gasteiger partial charge in [0.15, 0.2) is 0 Å². The minimum atomic E-state index is -2.87. The molecule has 4 aromatic rings. The zero-order chi connectivity index (χ0) is 24.0. The highest BCUT2D eigenvalue weighted by Gasteiger charge is 2.12. The summed E-state index contributed by atoms with van der Waals surface area (Å²) in [5.74, 6) is 5.21. The topological polar surface area (TPSA) is 88.5 Å². The zero-order valence-corrected chi connectivity index (χ0v) is 19.7. The largest absolute Gasteiger partial charge is 0.321 e. The monoisotopic (exact) mass is 485 g/mol. The summed E-state index contributed by atoms with van der Waals surface area (Å²) in [5, 5.41) is 4.69. The van der Waals surface area contributed by atoms with E-state index in [2.05, 4.69) is 26.5 Å². The van der Waals surface area contributed by atoms with Crippen LogP contribution in [0.25, 0.3) is 0 Å². The van der Waals surface area contributed by atoms with E-state index in [0.29, 0.717) is 21.0 Å². The van der Waals surface area contributed by atoms with Crippen LogP contribution in [0.3, 0.4) is 0 Å². The minimum Gasteiger partial charge on any atom is -0.321 e. The van der Waals surface area contributed by atoms with Crippen molar-refractivity contribution in [1.29, 1.82) is 0 Å². The number of anilines is 1.